The van der Waals surface area contributed by atoms with Gasteiger partial charge in [-0.15, -0.1) is 0 Å². The average Bonchev–Trinajstić information content (AvgIpc) is 2.16. The second kappa shape index (κ2) is 5.13. The predicted molar refractivity (Wildman–Crippen MR) is 61.0 cm³/mol. The molecule has 76 valence electrons. The van der Waals surface area contributed by atoms with Gasteiger partial charge in [0.1, 0.15) is 6.61 Å². The van der Waals surface area contributed by atoms with Gasteiger partial charge in [-0.3, -0.25) is 0 Å². The fourth-order valence-electron chi connectivity index (χ4n) is 0.895. The van der Waals surface area contributed by atoms with Crippen LogP contribution in [0.5, 0.6) is 5.75 Å². The fourth-order valence-corrected chi connectivity index (χ4v) is 1.19. The van der Waals surface area contributed by atoms with Gasteiger partial charge < -0.3 is 10.5 Å². The van der Waals surface area contributed by atoms with Gasteiger partial charge in [0.05, 0.1) is 10.7 Å². The van der Waals surface area contributed by atoms with E-state index in [0.717, 1.165) is 5.57 Å². The Kier molecular flexibility index (Phi) is 4.11. The summed E-state index contributed by atoms with van der Waals surface area (Å²) in [5.74, 6) is 0.507. The summed E-state index contributed by atoms with van der Waals surface area (Å²) in [7, 11) is 0. The van der Waals surface area contributed by atoms with Crippen molar-refractivity contribution in [3.05, 3.63) is 34.3 Å². The number of ether oxygens (including phenoxy) is 1. The first-order valence-electron chi connectivity index (χ1n) is 4.07. The first kappa shape index (κ1) is 11.2. The SMILES string of the molecule is C/C(=C/Cl)COc1c(N)cccc1Cl. The number of rotatable bonds is 3. The van der Waals surface area contributed by atoms with Crippen molar-refractivity contribution in [2.45, 2.75) is 6.92 Å². The number of nitrogen functional groups attached to an aromatic ring is 1. The van der Waals surface area contributed by atoms with Crippen molar-refractivity contribution in [2.75, 3.05) is 12.3 Å². The Morgan fingerprint density at radius 1 is 1.57 bits per heavy atom. The zero-order chi connectivity index (χ0) is 10.6. The highest BCUT2D eigenvalue weighted by molar-refractivity contribution is 6.32. The summed E-state index contributed by atoms with van der Waals surface area (Å²) in [6, 6.07) is 5.24. The van der Waals surface area contributed by atoms with E-state index in [1.165, 1.54) is 5.54 Å². The van der Waals surface area contributed by atoms with Crippen LogP contribution < -0.4 is 10.5 Å². The largest absolute Gasteiger partial charge is 0.485 e. The maximum Gasteiger partial charge on any atom is 0.161 e. The molecule has 0 aromatic heterocycles. The van der Waals surface area contributed by atoms with Crippen molar-refractivity contribution in [1.82, 2.24) is 0 Å². The highest BCUT2D eigenvalue weighted by atomic mass is 35.5. The Labute approximate surface area is 93.3 Å². The lowest BCUT2D eigenvalue weighted by molar-refractivity contribution is 0.354. The molecule has 1 rings (SSSR count). The predicted octanol–water partition coefficient (Wildman–Crippen LogP) is 3.44. The summed E-state index contributed by atoms with van der Waals surface area (Å²) in [6.45, 7) is 2.25. The standard InChI is InChI=1S/C10H11Cl2NO/c1-7(5-11)6-14-10-8(12)3-2-4-9(10)13/h2-5H,6,13H2,1H3/b7-5-. The Bertz CT molecular complexity index is 330. The summed E-state index contributed by atoms with van der Waals surface area (Å²) in [6.07, 6.45) is 0. The van der Waals surface area contributed by atoms with Crippen molar-refractivity contribution in [3.63, 3.8) is 0 Å². The zero-order valence-electron chi connectivity index (χ0n) is 7.76. The Balaban J connectivity index is 2.76. The molecule has 0 saturated heterocycles. The second-order valence-corrected chi connectivity index (χ2v) is 3.53. The molecule has 0 unspecified atom stereocenters. The molecule has 0 amide bonds. The van der Waals surface area contributed by atoms with Gasteiger partial charge in [-0.1, -0.05) is 29.3 Å². The molecule has 14 heavy (non-hydrogen) atoms. The number of hydrogen-bond donors (Lipinski definition) is 1. The van der Waals surface area contributed by atoms with Crippen LogP contribution in [0.1, 0.15) is 6.92 Å². The molecule has 1 aromatic carbocycles. The molecule has 0 heterocycles. The van der Waals surface area contributed by atoms with E-state index in [1.54, 1.807) is 18.2 Å². The molecule has 0 saturated carbocycles. The van der Waals surface area contributed by atoms with E-state index in [9.17, 15) is 0 Å². The number of anilines is 1. The lowest BCUT2D eigenvalue weighted by Gasteiger charge is -2.09. The highest BCUT2D eigenvalue weighted by Gasteiger charge is 2.05. The number of benzene rings is 1. The average molecular weight is 232 g/mol. The van der Waals surface area contributed by atoms with E-state index in [0.29, 0.717) is 23.1 Å². The second-order valence-electron chi connectivity index (χ2n) is 2.90. The van der Waals surface area contributed by atoms with Crippen LogP contribution >= 0.6 is 23.2 Å². The number of para-hydroxylation sites is 1. The van der Waals surface area contributed by atoms with Crippen LogP contribution in [0.4, 0.5) is 5.69 Å². The Morgan fingerprint density at radius 3 is 2.86 bits per heavy atom. The summed E-state index contributed by atoms with van der Waals surface area (Å²) >= 11 is 11.4. The molecule has 0 aliphatic heterocycles. The molecule has 0 fully saturated rings. The van der Waals surface area contributed by atoms with Gasteiger partial charge >= 0.3 is 0 Å². The third-order valence-electron chi connectivity index (χ3n) is 1.63. The summed E-state index contributed by atoms with van der Waals surface area (Å²) in [4.78, 5) is 0. The van der Waals surface area contributed by atoms with E-state index in [4.69, 9.17) is 33.7 Å². The molecular formula is C10H11Cl2NO. The van der Waals surface area contributed by atoms with Gasteiger partial charge in [0.25, 0.3) is 0 Å². The topological polar surface area (TPSA) is 35.2 Å². The zero-order valence-corrected chi connectivity index (χ0v) is 9.27. The lowest BCUT2D eigenvalue weighted by Crippen LogP contribution is -2.01. The molecule has 2 nitrogen and oxygen atoms in total. The molecule has 0 radical (unpaired) electrons. The van der Waals surface area contributed by atoms with Gasteiger partial charge in [-0.25, -0.2) is 0 Å². The highest BCUT2D eigenvalue weighted by Crippen LogP contribution is 2.30. The lowest BCUT2D eigenvalue weighted by atomic mass is 10.3. The monoisotopic (exact) mass is 231 g/mol. The van der Waals surface area contributed by atoms with Crippen LogP contribution in [0.25, 0.3) is 0 Å². The van der Waals surface area contributed by atoms with Crippen molar-refractivity contribution < 1.29 is 4.74 Å². The third kappa shape index (κ3) is 2.82. The molecular weight excluding hydrogens is 221 g/mol. The van der Waals surface area contributed by atoms with E-state index in [-0.39, 0.29) is 0 Å². The number of halogens is 2. The van der Waals surface area contributed by atoms with E-state index < -0.39 is 0 Å². The normalized spacial score (nSPS) is 11.5. The quantitative estimate of drug-likeness (QED) is 0.810. The van der Waals surface area contributed by atoms with Crippen molar-refractivity contribution in [1.29, 1.82) is 0 Å². The maximum absolute atomic E-state index is 5.90. The minimum absolute atomic E-state index is 0.386. The molecule has 1 aromatic rings. The first-order valence-corrected chi connectivity index (χ1v) is 4.89. The molecule has 2 N–H and O–H groups in total. The van der Waals surface area contributed by atoms with Crippen LogP contribution in [-0.4, -0.2) is 6.61 Å². The molecule has 0 bridgehead atoms. The van der Waals surface area contributed by atoms with Crippen LogP contribution in [-0.2, 0) is 0 Å². The smallest absolute Gasteiger partial charge is 0.161 e. The van der Waals surface area contributed by atoms with Gasteiger partial charge in [-0.2, -0.15) is 0 Å². The van der Waals surface area contributed by atoms with E-state index in [2.05, 4.69) is 0 Å². The Morgan fingerprint density at radius 2 is 2.29 bits per heavy atom. The molecule has 4 heteroatoms. The molecule has 0 spiro atoms. The number of nitrogens with two attached hydrogens (primary N) is 1. The van der Waals surface area contributed by atoms with Crippen molar-refractivity contribution >= 4 is 28.9 Å². The van der Waals surface area contributed by atoms with Crippen molar-refractivity contribution in [3.8, 4) is 5.75 Å². The summed E-state index contributed by atoms with van der Waals surface area (Å²) in [5, 5.41) is 0.507. The first-order chi connectivity index (χ1) is 6.65. The minimum atomic E-state index is 0.386. The molecule has 0 atom stereocenters. The summed E-state index contributed by atoms with van der Waals surface area (Å²) < 4.78 is 5.41. The minimum Gasteiger partial charge on any atom is -0.485 e. The number of hydrogen-bond acceptors (Lipinski definition) is 2. The van der Waals surface area contributed by atoms with E-state index in [1.807, 2.05) is 6.92 Å². The third-order valence-corrected chi connectivity index (χ3v) is 2.30. The van der Waals surface area contributed by atoms with Crippen LogP contribution in [0.15, 0.2) is 29.3 Å². The van der Waals surface area contributed by atoms with Gasteiger partial charge in [0.15, 0.2) is 5.75 Å². The molecule has 0 aliphatic rings. The summed E-state index contributed by atoms with van der Waals surface area (Å²) in [5.41, 5.74) is 8.59. The van der Waals surface area contributed by atoms with Gasteiger partial charge in [-0.05, 0) is 24.6 Å². The van der Waals surface area contributed by atoms with E-state index >= 15 is 0 Å². The van der Waals surface area contributed by atoms with Crippen LogP contribution in [0.2, 0.25) is 5.02 Å². The van der Waals surface area contributed by atoms with Gasteiger partial charge in [0, 0.05) is 5.54 Å². The van der Waals surface area contributed by atoms with Crippen LogP contribution in [0, 0.1) is 0 Å². The maximum atomic E-state index is 5.90. The van der Waals surface area contributed by atoms with Gasteiger partial charge in [0.2, 0.25) is 0 Å². The van der Waals surface area contributed by atoms with Crippen LogP contribution in [0.3, 0.4) is 0 Å². The van der Waals surface area contributed by atoms with Crippen molar-refractivity contribution in [2.24, 2.45) is 0 Å². The molecule has 0 aliphatic carbocycles. The Hall–Kier alpha value is -0.860. The fraction of sp³-hybridized carbons (Fsp3) is 0.200.